The van der Waals surface area contributed by atoms with E-state index in [0.717, 1.165) is 5.69 Å². The highest BCUT2D eigenvalue weighted by Gasteiger charge is 2.46. The number of aliphatic hydroxyl groups excluding tert-OH is 1. The van der Waals surface area contributed by atoms with Crippen molar-refractivity contribution in [2.24, 2.45) is 7.05 Å². The van der Waals surface area contributed by atoms with Crippen molar-refractivity contribution in [3.05, 3.63) is 17.5 Å². The maximum atomic E-state index is 12.6. The van der Waals surface area contributed by atoms with Gasteiger partial charge in [-0.05, 0) is 12.5 Å². The molecule has 9 heteroatoms. The summed E-state index contributed by atoms with van der Waals surface area (Å²) in [5.41, 5.74) is 1.08. The Morgan fingerprint density at radius 3 is 2.69 bits per heavy atom. The molecule has 0 radical (unpaired) electrons. The number of amides is 3. The summed E-state index contributed by atoms with van der Waals surface area (Å²) in [7, 11) is 1.71. The summed E-state index contributed by atoms with van der Waals surface area (Å²) in [4.78, 5) is 38.5. The number of aromatic nitrogens is 2. The van der Waals surface area contributed by atoms with Crippen LogP contribution < -0.4 is 10.6 Å². The Kier molecular flexibility index (Phi) is 4.51. The zero-order valence-corrected chi connectivity index (χ0v) is 15.4. The third-order valence-electron chi connectivity index (χ3n) is 4.90. The summed E-state index contributed by atoms with van der Waals surface area (Å²) in [6.07, 6.45) is 0.353. The van der Waals surface area contributed by atoms with Crippen LogP contribution in [-0.4, -0.2) is 68.8 Å². The number of fused-ring (bicyclic) bond motifs is 1. The average Bonchev–Trinajstić information content (AvgIpc) is 3.14. The van der Waals surface area contributed by atoms with Crippen molar-refractivity contribution in [3.8, 4) is 0 Å². The van der Waals surface area contributed by atoms with Crippen LogP contribution in [0.3, 0.4) is 0 Å². The Labute approximate surface area is 151 Å². The number of carbonyl (C=O) groups excluding carboxylic acids is 3. The van der Waals surface area contributed by atoms with Crippen LogP contribution in [0.25, 0.3) is 0 Å². The van der Waals surface area contributed by atoms with E-state index < -0.39 is 18.7 Å². The van der Waals surface area contributed by atoms with E-state index in [-0.39, 0.29) is 35.7 Å². The average molecular weight is 363 g/mol. The molecule has 3 atom stereocenters. The van der Waals surface area contributed by atoms with E-state index in [1.807, 2.05) is 20.8 Å². The molecule has 0 aromatic carbocycles. The molecule has 3 rings (SSSR count). The van der Waals surface area contributed by atoms with Crippen molar-refractivity contribution < 1.29 is 19.5 Å². The molecule has 2 fully saturated rings. The first kappa shape index (κ1) is 18.4. The molecule has 2 aliphatic rings. The van der Waals surface area contributed by atoms with Gasteiger partial charge in [0.25, 0.3) is 5.91 Å². The van der Waals surface area contributed by atoms with Gasteiger partial charge in [-0.3, -0.25) is 19.1 Å². The molecule has 2 aliphatic heterocycles. The van der Waals surface area contributed by atoms with E-state index >= 15 is 0 Å². The van der Waals surface area contributed by atoms with Crippen molar-refractivity contribution in [3.63, 3.8) is 0 Å². The van der Waals surface area contributed by atoms with Gasteiger partial charge in [0.15, 0.2) is 0 Å². The third-order valence-corrected chi connectivity index (χ3v) is 4.90. The highest BCUT2D eigenvalue weighted by Crippen LogP contribution is 2.24. The Morgan fingerprint density at radius 1 is 1.42 bits per heavy atom. The first-order chi connectivity index (χ1) is 12.1. The molecule has 142 valence electrons. The molecular formula is C17H25N5O4. The fraction of sp³-hybridized carbons (Fsp3) is 0.647. The summed E-state index contributed by atoms with van der Waals surface area (Å²) in [5.74, 6) is -0.896. The number of rotatable bonds is 3. The summed E-state index contributed by atoms with van der Waals surface area (Å²) in [6, 6.07) is -0.0726. The quantitative estimate of drug-likeness (QED) is 0.631. The van der Waals surface area contributed by atoms with Gasteiger partial charge in [0.2, 0.25) is 11.8 Å². The van der Waals surface area contributed by atoms with Crippen molar-refractivity contribution in [2.75, 3.05) is 13.2 Å². The van der Waals surface area contributed by atoms with Crippen LogP contribution >= 0.6 is 0 Å². The second-order valence-electron chi connectivity index (χ2n) is 7.94. The number of aliphatic hydroxyl groups is 1. The maximum absolute atomic E-state index is 12.6. The van der Waals surface area contributed by atoms with Gasteiger partial charge in [0, 0.05) is 25.0 Å². The van der Waals surface area contributed by atoms with Gasteiger partial charge in [-0.2, -0.15) is 5.10 Å². The Morgan fingerprint density at radius 2 is 2.12 bits per heavy atom. The molecule has 2 saturated heterocycles. The Balaban J connectivity index is 1.71. The monoisotopic (exact) mass is 363 g/mol. The normalized spacial score (nSPS) is 25.9. The van der Waals surface area contributed by atoms with Crippen molar-refractivity contribution in [2.45, 2.75) is 50.7 Å². The Hall–Kier alpha value is -2.42. The van der Waals surface area contributed by atoms with Gasteiger partial charge in [-0.1, -0.05) is 20.8 Å². The largest absolute Gasteiger partial charge is 0.394 e. The maximum Gasteiger partial charge on any atom is 0.269 e. The smallest absolute Gasteiger partial charge is 0.269 e. The van der Waals surface area contributed by atoms with Gasteiger partial charge < -0.3 is 20.6 Å². The molecule has 0 unspecified atom stereocenters. The van der Waals surface area contributed by atoms with Gasteiger partial charge in [-0.25, -0.2) is 0 Å². The number of nitrogens with zero attached hydrogens (tertiary/aromatic N) is 3. The fourth-order valence-electron chi connectivity index (χ4n) is 3.39. The molecule has 1 aromatic heterocycles. The van der Waals surface area contributed by atoms with Gasteiger partial charge >= 0.3 is 0 Å². The Bertz CT molecular complexity index is 751. The van der Waals surface area contributed by atoms with Crippen molar-refractivity contribution >= 4 is 17.7 Å². The second kappa shape index (κ2) is 6.39. The van der Waals surface area contributed by atoms with Crippen LogP contribution in [0.5, 0.6) is 0 Å². The van der Waals surface area contributed by atoms with Crippen molar-refractivity contribution in [1.82, 2.24) is 25.3 Å². The molecule has 9 nitrogen and oxygen atoms in total. The highest BCUT2D eigenvalue weighted by atomic mass is 16.3. The molecule has 0 aliphatic carbocycles. The standard InChI is InChI=1S/C17H25N5O4/c1-17(2,3)13-6-11(21(4)20-13)14(24)18-9-5-12-15(25)19-10(8-23)16(26)22(12)7-9/h6,9-10,12,23H,5,7-8H2,1-4H3,(H,18,24)(H,19,25)/t9-,10+,12-/m0/s1. The van der Waals surface area contributed by atoms with Gasteiger partial charge in [-0.15, -0.1) is 0 Å². The second-order valence-corrected chi connectivity index (χ2v) is 7.94. The summed E-state index contributed by atoms with van der Waals surface area (Å²) >= 11 is 0. The SMILES string of the molecule is Cn1nc(C(C)(C)C)cc1C(=O)N[C@H]1C[C@H]2C(=O)N[C@H](CO)C(=O)N2C1. The molecule has 26 heavy (non-hydrogen) atoms. The lowest BCUT2D eigenvalue weighted by Crippen LogP contribution is -2.62. The summed E-state index contributed by atoms with van der Waals surface area (Å²) < 4.78 is 1.54. The molecular weight excluding hydrogens is 338 g/mol. The third kappa shape index (κ3) is 3.18. The summed E-state index contributed by atoms with van der Waals surface area (Å²) in [5, 5.41) is 19.0. The van der Waals surface area contributed by atoms with Crippen molar-refractivity contribution in [1.29, 1.82) is 0 Å². The van der Waals surface area contributed by atoms with Crippen LogP contribution in [0, 0.1) is 0 Å². The molecule has 3 heterocycles. The zero-order chi connectivity index (χ0) is 19.2. The van der Waals surface area contributed by atoms with E-state index in [9.17, 15) is 19.5 Å². The topological polar surface area (TPSA) is 117 Å². The van der Waals surface area contributed by atoms with Crippen LogP contribution in [0.4, 0.5) is 0 Å². The number of hydrogen-bond donors (Lipinski definition) is 3. The predicted octanol–water partition coefficient (Wildman–Crippen LogP) is -1.09. The van der Waals surface area contributed by atoms with Gasteiger partial charge in [0.05, 0.1) is 12.3 Å². The first-order valence-electron chi connectivity index (χ1n) is 8.69. The van der Waals surface area contributed by atoms with E-state index in [4.69, 9.17) is 0 Å². The molecule has 3 N–H and O–H groups in total. The number of aryl methyl sites for hydroxylation is 1. The minimum atomic E-state index is -0.903. The van der Waals surface area contributed by atoms with Crippen LogP contribution in [0.2, 0.25) is 0 Å². The lowest BCUT2D eigenvalue weighted by Gasteiger charge is -2.33. The molecule has 3 amide bonds. The minimum Gasteiger partial charge on any atom is -0.394 e. The number of carbonyl (C=O) groups is 3. The van der Waals surface area contributed by atoms with E-state index in [0.29, 0.717) is 12.1 Å². The highest BCUT2D eigenvalue weighted by molar-refractivity contribution is 5.98. The zero-order valence-electron chi connectivity index (χ0n) is 15.4. The summed E-state index contributed by atoms with van der Waals surface area (Å²) in [6.45, 7) is 5.88. The predicted molar refractivity (Wildman–Crippen MR) is 92.3 cm³/mol. The number of piperazine rings is 1. The molecule has 0 spiro atoms. The van der Waals surface area contributed by atoms with E-state index in [1.54, 1.807) is 13.1 Å². The van der Waals surface area contributed by atoms with E-state index in [1.165, 1.54) is 9.58 Å². The molecule has 1 aromatic rings. The van der Waals surface area contributed by atoms with Crippen LogP contribution in [-0.2, 0) is 22.1 Å². The van der Waals surface area contributed by atoms with Crippen LogP contribution in [0.1, 0.15) is 43.4 Å². The number of nitrogens with one attached hydrogen (secondary N) is 2. The molecule has 0 bridgehead atoms. The van der Waals surface area contributed by atoms with E-state index in [2.05, 4.69) is 15.7 Å². The number of hydrogen-bond acceptors (Lipinski definition) is 5. The lowest BCUT2D eigenvalue weighted by molar-refractivity contribution is -0.148. The van der Waals surface area contributed by atoms with Crippen LogP contribution in [0.15, 0.2) is 6.07 Å². The first-order valence-corrected chi connectivity index (χ1v) is 8.69. The lowest BCUT2D eigenvalue weighted by atomic mass is 9.92. The van der Waals surface area contributed by atoms with Gasteiger partial charge in [0.1, 0.15) is 17.8 Å². The minimum absolute atomic E-state index is 0.173. The molecule has 0 saturated carbocycles. The fourth-order valence-corrected chi connectivity index (χ4v) is 3.39.